The second-order valence-electron chi connectivity index (χ2n) is 2.26. The average molecular weight is 199 g/mol. The van der Waals surface area contributed by atoms with Crippen LogP contribution < -0.4 is 5.32 Å². The van der Waals surface area contributed by atoms with Crippen molar-refractivity contribution in [2.75, 3.05) is 6.54 Å². The molecule has 6 heteroatoms. The third kappa shape index (κ3) is 3.43. The van der Waals surface area contributed by atoms with Crippen LogP contribution in [0.25, 0.3) is 0 Å². The zero-order valence-corrected chi connectivity index (χ0v) is 6.70. The van der Waals surface area contributed by atoms with Crippen LogP contribution in [0, 0.1) is 0 Å². The quantitative estimate of drug-likeness (QED) is 0.406. The van der Waals surface area contributed by atoms with Gasteiger partial charge in [0.1, 0.15) is 0 Å². The smallest absolute Gasteiger partial charge is 0.350 e. The van der Waals surface area contributed by atoms with Gasteiger partial charge in [0.05, 0.1) is 0 Å². The predicted molar refractivity (Wildman–Crippen MR) is 38.8 cm³/mol. The van der Waals surface area contributed by atoms with E-state index in [0.717, 1.165) is 0 Å². The van der Waals surface area contributed by atoms with Crippen molar-refractivity contribution in [1.29, 1.82) is 0 Å². The van der Waals surface area contributed by atoms with Gasteiger partial charge in [-0.1, -0.05) is 6.08 Å². The Morgan fingerprint density at radius 2 is 2.08 bits per heavy atom. The molecule has 0 aromatic carbocycles. The SMILES string of the molecule is C=CCCNC(=O)C(F)(F)C(F)F. The lowest BCUT2D eigenvalue weighted by Crippen LogP contribution is -2.45. The van der Waals surface area contributed by atoms with Crippen LogP contribution in [-0.4, -0.2) is 24.8 Å². The molecular formula is C7H9F4NO. The van der Waals surface area contributed by atoms with Gasteiger partial charge in [-0.25, -0.2) is 8.78 Å². The largest absolute Gasteiger partial charge is 0.383 e. The predicted octanol–water partition coefficient (Wildman–Crippen LogP) is 1.58. The zero-order valence-electron chi connectivity index (χ0n) is 6.70. The lowest BCUT2D eigenvalue weighted by Gasteiger charge is -2.13. The van der Waals surface area contributed by atoms with Gasteiger partial charge >= 0.3 is 12.3 Å². The van der Waals surface area contributed by atoms with Crippen molar-refractivity contribution < 1.29 is 22.4 Å². The Bertz CT molecular complexity index is 193. The van der Waals surface area contributed by atoms with Crippen LogP contribution in [0.3, 0.4) is 0 Å². The first-order valence-corrected chi connectivity index (χ1v) is 3.48. The summed E-state index contributed by atoms with van der Waals surface area (Å²) < 4.78 is 47.4. The Balaban J connectivity index is 4.02. The van der Waals surface area contributed by atoms with E-state index in [0.29, 0.717) is 0 Å². The summed E-state index contributed by atoms with van der Waals surface area (Å²) in [7, 11) is 0. The Morgan fingerprint density at radius 1 is 1.54 bits per heavy atom. The molecule has 0 heterocycles. The minimum Gasteiger partial charge on any atom is -0.350 e. The van der Waals surface area contributed by atoms with Gasteiger partial charge in [0.15, 0.2) is 0 Å². The minimum atomic E-state index is -4.61. The van der Waals surface area contributed by atoms with Crippen LogP contribution in [0.4, 0.5) is 17.6 Å². The molecule has 0 saturated heterocycles. The fourth-order valence-corrected chi connectivity index (χ4v) is 0.505. The van der Waals surface area contributed by atoms with Gasteiger partial charge in [-0.05, 0) is 6.42 Å². The molecule has 1 amide bonds. The number of carbonyl (C=O) groups excluding carboxylic acids is 1. The minimum absolute atomic E-state index is 0.120. The van der Waals surface area contributed by atoms with Crippen molar-refractivity contribution >= 4 is 5.91 Å². The normalized spacial score (nSPS) is 11.5. The van der Waals surface area contributed by atoms with Crippen molar-refractivity contribution in [2.24, 2.45) is 0 Å². The van der Waals surface area contributed by atoms with Gasteiger partial charge in [0, 0.05) is 6.54 Å². The third-order valence-corrected chi connectivity index (χ3v) is 1.21. The summed E-state index contributed by atoms with van der Waals surface area (Å²) >= 11 is 0. The second kappa shape index (κ2) is 4.84. The number of alkyl halides is 4. The van der Waals surface area contributed by atoms with Crippen LogP contribution in [0.15, 0.2) is 12.7 Å². The van der Waals surface area contributed by atoms with E-state index >= 15 is 0 Å². The summed E-state index contributed by atoms with van der Waals surface area (Å²) in [6, 6.07) is 0. The van der Waals surface area contributed by atoms with Crippen LogP contribution in [-0.2, 0) is 4.79 Å². The van der Waals surface area contributed by atoms with Crippen molar-refractivity contribution in [3.63, 3.8) is 0 Å². The molecule has 0 aliphatic carbocycles. The highest BCUT2D eigenvalue weighted by Crippen LogP contribution is 2.22. The van der Waals surface area contributed by atoms with E-state index in [9.17, 15) is 22.4 Å². The maximum absolute atomic E-state index is 12.2. The number of hydrogen-bond acceptors (Lipinski definition) is 1. The van der Waals surface area contributed by atoms with Crippen LogP contribution in [0.2, 0.25) is 0 Å². The molecule has 0 spiro atoms. The molecule has 13 heavy (non-hydrogen) atoms. The van der Waals surface area contributed by atoms with Crippen LogP contribution >= 0.6 is 0 Å². The Morgan fingerprint density at radius 3 is 2.46 bits per heavy atom. The molecule has 0 unspecified atom stereocenters. The van der Waals surface area contributed by atoms with Crippen molar-refractivity contribution in [1.82, 2.24) is 5.32 Å². The molecular weight excluding hydrogens is 190 g/mol. The maximum atomic E-state index is 12.2. The lowest BCUT2D eigenvalue weighted by molar-refractivity contribution is -0.169. The van der Waals surface area contributed by atoms with E-state index in [4.69, 9.17) is 0 Å². The molecule has 0 radical (unpaired) electrons. The number of rotatable bonds is 5. The number of hydrogen-bond donors (Lipinski definition) is 1. The van der Waals surface area contributed by atoms with Crippen LogP contribution in [0.5, 0.6) is 0 Å². The van der Waals surface area contributed by atoms with Crippen molar-refractivity contribution in [2.45, 2.75) is 18.8 Å². The first-order chi connectivity index (χ1) is 5.92. The molecule has 1 N–H and O–H groups in total. The summed E-state index contributed by atoms with van der Waals surface area (Å²) in [5.74, 6) is -6.56. The molecule has 0 bridgehead atoms. The van der Waals surface area contributed by atoms with Crippen molar-refractivity contribution in [3.05, 3.63) is 12.7 Å². The number of amides is 1. The standard InChI is InChI=1S/C7H9F4NO/c1-2-3-4-12-6(13)7(10,11)5(8)9/h2,5H,1,3-4H2,(H,12,13). The van der Waals surface area contributed by atoms with Gasteiger partial charge in [0.2, 0.25) is 0 Å². The summed E-state index contributed by atoms with van der Waals surface area (Å²) in [6.45, 7) is 3.15. The fourth-order valence-electron chi connectivity index (χ4n) is 0.505. The molecule has 76 valence electrons. The number of nitrogens with one attached hydrogen (secondary N) is 1. The highest BCUT2D eigenvalue weighted by molar-refractivity contribution is 5.83. The topological polar surface area (TPSA) is 29.1 Å². The summed E-state index contributed by atoms with van der Waals surface area (Å²) in [4.78, 5) is 10.4. The highest BCUT2D eigenvalue weighted by Gasteiger charge is 2.48. The monoisotopic (exact) mass is 199 g/mol. The van der Waals surface area contributed by atoms with Gasteiger partial charge < -0.3 is 5.32 Å². The van der Waals surface area contributed by atoms with E-state index in [-0.39, 0.29) is 13.0 Å². The van der Waals surface area contributed by atoms with E-state index < -0.39 is 18.3 Å². The van der Waals surface area contributed by atoms with E-state index in [2.05, 4.69) is 6.58 Å². The summed E-state index contributed by atoms with van der Waals surface area (Å²) in [5.41, 5.74) is 0. The van der Waals surface area contributed by atoms with Gasteiger partial charge in [-0.15, -0.1) is 6.58 Å². The molecule has 0 fully saturated rings. The number of halogens is 4. The Labute approximate surface area is 72.6 Å². The van der Waals surface area contributed by atoms with Gasteiger partial charge in [-0.3, -0.25) is 4.79 Å². The second-order valence-corrected chi connectivity index (χ2v) is 2.26. The fraction of sp³-hybridized carbons (Fsp3) is 0.571. The molecule has 0 aliphatic rings. The molecule has 0 saturated carbocycles. The Hall–Kier alpha value is -1.07. The number of carbonyl (C=O) groups is 1. The zero-order chi connectivity index (χ0) is 10.5. The highest BCUT2D eigenvalue weighted by atomic mass is 19.3. The summed E-state index contributed by atoms with van der Waals surface area (Å²) in [5, 5.41) is 1.66. The molecule has 2 nitrogen and oxygen atoms in total. The summed E-state index contributed by atoms with van der Waals surface area (Å²) in [6.07, 6.45) is -2.34. The van der Waals surface area contributed by atoms with Crippen LogP contribution in [0.1, 0.15) is 6.42 Å². The first-order valence-electron chi connectivity index (χ1n) is 3.48. The molecule has 0 aromatic heterocycles. The van der Waals surface area contributed by atoms with E-state index in [1.807, 2.05) is 0 Å². The molecule has 0 atom stereocenters. The lowest BCUT2D eigenvalue weighted by atomic mass is 10.3. The first kappa shape index (κ1) is 11.9. The maximum Gasteiger partial charge on any atom is 0.383 e. The average Bonchev–Trinajstić information content (AvgIpc) is 2.04. The van der Waals surface area contributed by atoms with Crippen molar-refractivity contribution in [3.8, 4) is 0 Å². The van der Waals surface area contributed by atoms with E-state index in [1.54, 1.807) is 5.32 Å². The van der Waals surface area contributed by atoms with Gasteiger partial charge in [-0.2, -0.15) is 8.78 Å². The molecule has 0 aromatic rings. The third-order valence-electron chi connectivity index (χ3n) is 1.21. The molecule has 0 rings (SSSR count). The van der Waals surface area contributed by atoms with E-state index in [1.165, 1.54) is 6.08 Å². The van der Waals surface area contributed by atoms with Gasteiger partial charge in [0.25, 0.3) is 5.91 Å². The molecule has 0 aliphatic heterocycles. The Kier molecular flexibility index (Phi) is 4.44.